The Labute approximate surface area is 870 Å². The van der Waals surface area contributed by atoms with Crippen molar-refractivity contribution in [2.75, 3.05) is 196 Å². The van der Waals surface area contributed by atoms with Crippen LogP contribution in [0, 0.1) is 0 Å². The Morgan fingerprint density at radius 2 is 0.655 bits per heavy atom. The van der Waals surface area contributed by atoms with Gasteiger partial charge in [0.05, 0.1) is 143 Å². The van der Waals surface area contributed by atoms with Gasteiger partial charge in [-0.25, -0.2) is 14.4 Å². The van der Waals surface area contributed by atoms with Crippen LogP contribution in [-0.2, 0) is 73.0 Å². The second-order valence-electron chi connectivity index (χ2n) is 34.8. The first-order chi connectivity index (χ1) is 71.5. The highest BCUT2D eigenvalue weighted by Crippen LogP contribution is 2.36. The predicted octanol–water partition coefficient (Wildman–Crippen LogP) is 11.5. The molecule has 12 aliphatic rings. The maximum Gasteiger partial charge on any atom is 0.414 e. The van der Waals surface area contributed by atoms with Crippen molar-refractivity contribution in [2.24, 2.45) is 5.73 Å². The molecular formula is C104H100Cl3N13O26S2. The Kier molecular flexibility index (Phi) is 35.4. The van der Waals surface area contributed by atoms with Crippen molar-refractivity contribution in [2.45, 2.75) is 56.2 Å². The Morgan fingerprint density at radius 3 is 0.959 bits per heavy atom. The SMILES string of the molecule is NC[C@H]1CN(c2ccc(N3CCOCC3=O)cc2)C(=O)O1.Nc1ccc(N2CCOCC2=O)cc1.O=C(CC[C@H]1CN(c2ccc(N3CCOCC3=O)cc2)C(=O)O1)c1ccc(Cl)s1.O=C(Cl)c1ccc(Cl)s1.O=C1c2ccccc2C(=O)N1C[C@H](O)CCc1ccc(N2CCOCC2=O)cc1.O=C1c2ccccc2C(=O)N1C[C@H]1CN(c2ccc(N3CCOCC3=O)cc2)C(=O)O1.O=C1c2ccccc2C(=O)N1C[C@H]1CO1. The molecule has 39 nitrogen and oxygen atoms in total. The topological polar surface area (TPSA) is 467 Å². The number of nitrogens with two attached hydrogens (primary N) is 2. The number of cyclic esters (lactones) is 3. The lowest BCUT2D eigenvalue weighted by atomic mass is 10.1. The molecule has 44 heteroatoms. The van der Waals surface area contributed by atoms with E-state index in [1.807, 2.05) is 60.7 Å². The van der Waals surface area contributed by atoms with Crippen molar-refractivity contribution in [3.63, 3.8) is 0 Å². The molecule has 2 aromatic heterocycles. The van der Waals surface area contributed by atoms with Crippen LogP contribution in [0.3, 0.4) is 0 Å². The van der Waals surface area contributed by atoms with Crippen LogP contribution in [-0.4, -0.2) is 296 Å². The Hall–Kier alpha value is -14.6. The zero-order valence-electron chi connectivity index (χ0n) is 79.4. The van der Waals surface area contributed by atoms with Gasteiger partial charge in [0, 0.05) is 96.9 Å². The first-order valence-electron chi connectivity index (χ1n) is 47.2. The lowest BCUT2D eigenvalue weighted by Crippen LogP contribution is -2.41. The number of aryl methyl sites for hydroxylation is 1. The normalized spacial score (nSPS) is 19.5. The van der Waals surface area contributed by atoms with Crippen molar-refractivity contribution >= 4 is 203 Å². The third-order valence-corrected chi connectivity index (χ3v) is 27.8. The van der Waals surface area contributed by atoms with Gasteiger partial charge in [0.1, 0.15) is 51.3 Å². The Bertz CT molecular complexity index is 6540. The molecule has 0 saturated carbocycles. The number of aliphatic hydroxyl groups excluding tert-OH is 1. The molecule has 22 rings (SSSR count). The third-order valence-electron chi connectivity index (χ3n) is 25.0. The van der Waals surface area contributed by atoms with Gasteiger partial charge in [-0.15, -0.1) is 22.7 Å². The number of β-amino-alcohol motifs (C(OH)–C–C–N with tert-alkyl or cyclic N) is 1. The van der Waals surface area contributed by atoms with Gasteiger partial charge in [0.2, 0.25) is 0 Å². The van der Waals surface area contributed by atoms with E-state index >= 15 is 0 Å². The first kappa shape index (κ1) is 106. The van der Waals surface area contributed by atoms with Crippen LogP contribution >= 0.6 is 57.5 Å². The maximum atomic E-state index is 12.6. The molecule has 0 unspecified atom stereocenters. The zero-order chi connectivity index (χ0) is 104. The quantitative estimate of drug-likeness (QED) is 0.0134. The number of rotatable bonds is 23. The summed E-state index contributed by atoms with van der Waals surface area (Å²) in [5.41, 5.74) is 21.3. The second kappa shape index (κ2) is 49.3. The molecule has 0 aliphatic carbocycles. The van der Waals surface area contributed by atoms with E-state index in [1.54, 1.807) is 192 Å². The molecule has 0 bridgehead atoms. The number of fused-ring (bicyclic) bond motifs is 3. The molecule has 0 radical (unpaired) electrons. The number of nitrogen functional groups attached to an aromatic ring is 1. The van der Waals surface area contributed by atoms with Crippen molar-refractivity contribution < 1.29 is 124 Å². The molecule has 14 amide bonds. The fourth-order valence-electron chi connectivity index (χ4n) is 17.2. The van der Waals surface area contributed by atoms with Crippen LogP contribution in [0.2, 0.25) is 8.67 Å². The van der Waals surface area contributed by atoms with Gasteiger partial charge in [0.25, 0.3) is 70.2 Å². The fraction of sp³-hybridized carbons (Fsp3) is 0.308. The number of amides is 14. The summed E-state index contributed by atoms with van der Waals surface area (Å²) in [5, 5.41) is 9.91. The van der Waals surface area contributed by atoms with Gasteiger partial charge in [-0.3, -0.25) is 91.7 Å². The number of nitrogens with zero attached hydrogens (tertiary/aromatic N) is 11. The molecule has 770 valence electrons. The number of carbonyl (C=O) groups is 16. The molecule has 9 fully saturated rings. The third kappa shape index (κ3) is 26.1. The standard InChI is InChI=1S/C22H19N3O6.C22H22N2O5.C20H19ClN2O5S.C14H17N3O4.C11H9NO3.C10H12N2O2.C5H2Cl2OS/c26-19-13-30-10-9-23(19)14-5-7-15(8-6-14)24-11-16(31-22(24)29)12-25-20(27)17-3-1-2-4-18(17)21(25)28;25-17(13-24-21(27)18-3-1-2-4-19(18)22(24)28)10-7-15-5-8-16(9-6-15)23-11-12-29-14-20(23)26;21-18-8-7-17(29-18)16(24)6-5-15-11-23(20(26)28-15)14-3-1-13(2-4-14)22-9-10-27-12-19(22)25;15-7-12-8-17(14(19)21-12)11-3-1-10(2-4-11)16-5-6-20-9-13(16)18;13-10-8-3-1-2-4-9(8)11(14)12(10)5-7-6-15-7;11-8-1-3-9(4-2-8)12-5-6-14-7-10(12)13;6-4-2-1-3(9-4)5(7)8/h1-8,16H,9-13H2;1-6,8-9,17,25H,7,10-14H2;1-4,7-8,15H,5-6,9-12H2;1-4,12H,5-9,15H2;1-4,7H,5-6H2;1-4H,5-7,11H2;1-2H/t16-;17-;15-;12-;7-;;/m11000../s1. The average Bonchev–Trinajstić information content (AvgIpc) is 1.63. The summed E-state index contributed by atoms with van der Waals surface area (Å²) >= 11 is 18.9. The summed E-state index contributed by atoms with van der Waals surface area (Å²) in [5.74, 6) is -2.19. The number of epoxide rings is 1. The number of thiophene rings is 2. The van der Waals surface area contributed by atoms with Gasteiger partial charge >= 0.3 is 18.3 Å². The number of morpholine rings is 5. The van der Waals surface area contributed by atoms with Crippen LogP contribution in [0.4, 0.5) is 65.6 Å². The van der Waals surface area contributed by atoms with E-state index in [2.05, 4.69) is 0 Å². The number of imide groups is 3. The van der Waals surface area contributed by atoms with Crippen LogP contribution in [0.25, 0.3) is 0 Å². The van der Waals surface area contributed by atoms with E-state index in [9.17, 15) is 81.8 Å². The minimum absolute atomic E-state index is 0.000946. The number of halogens is 3. The van der Waals surface area contributed by atoms with E-state index in [-0.39, 0.29) is 148 Å². The maximum absolute atomic E-state index is 12.6. The molecule has 10 aromatic rings. The molecule has 9 saturated heterocycles. The summed E-state index contributed by atoms with van der Waals surface area (Å²) in [6.07, 6.45) is -1.60. The van der Waals surface area contributed by atoms with Crippen LogP contribution in [0.1, 0.15) is 106 Å². The predicted molar refractivity (Wildman–Crippen MR) is 546 cm³/mol. The van der Waals surface area contributed by atoms with E-state index in [1.165, 1.54) is 32.5 Å². The molecule has 12 aliphatic heterocycles. The van der Waals surface area contributed by atoms with Crippen molar-refractivity contribution in [3.05, 3.63) is 276 Å². The van der Waals surface area contributed by atoms with E-state index in [4.69, 9.17) is 88.9 Å². The largest absolute Gasteiger partial charge is 0.444 e. The molecule has 0 spiro atoms. The summed E-state index contributed by atoms with van der Waals surface area (Å²) in [6.45, 7) is 8.19. The highest BCUT2D eigenvalue weighted by atomic mass is 35.5. The van der Waals surface area contributed by atoms with Crippen molar-refractivity contribution in [3.8, 4) is 0 Å². The summed E-state index contributed by atoms with van der Waals surface area (Å²) in [4.78, 5) is 209. The van der Waals surface area contributed by atoms with Gasteiger partial charge in [-0.05, 0) is 206 Å². The van der Waals surface area contributed by atoms with Crippen LogP contribution in [0.5, 0.6) is 0 Å². The van der Waals surface area contributed by atoms with Gasteiger partial charge < -0.3 is 83.7 Å². The van der Waals surface area contributed by atoms with Gasteiger partial charge in [0.15, 0.2) is 5.78 Å². The smallest absolute Gasteiger partial charge is 0.414 e. The minimum Gasteiger partial charge on any atom is -0.444 e. The highest BCUT2D eigenvalue weighted by molar-refractivity contribution is 7.19. The van der Waals surface area contributed by atoms with Gasteiger partial charge in [-0.1, -0.05) is 71.7 Å². The highest BCUT2D eigenvalue weighted by Gasteiger charge is 2.44. The number of anilines is 9. The van der Waals surface area contributed by atoms with Gasteiger partial charge in [-0.2, -0.15) is 0 Å². The lowest BCUT2D eigenvalue weighted by molar-refractivity contribution is -0.126. The monoisotopic (exact) mass is 2120 g/mol. The fourth-order valence-corrected chi connectivity index (χ4v) is 19.2. The van der Waals surface area contributed by atoms with Crippen molar-refractivity contribution in [1.82, 2.24) is 14.7 Å². The van der Waals surface area contributed by atoms with Crippen LogP contribution in [0.15, 0.2) is 218 Å². The number of hydrogen-bond acceptors (Lipinski definition) is 30. The number of Topliss-reactive ketones (excluding diaryl/α,β-unsaturated/α-hetero) is 1. The number of ether oxygens (including phenoxy) is 9. The first-order valence-corrected chi connectivity index (χ1v) is 50.0. The molecular weight excluding hydrogens is 2020 g/mol. The number of aliphatic hydroxyl groups is 1. The number of hydrogen-bond donors (Lipinski definition) is 3. The summed E-state index contributed by atoms with van der Waals surface area (Å²) < 4.78 is 47.7. The summed E-state index contributed by atoms with van der Waals surface area (Å²) in [6, 6.07) is 63.2. The Morgan fingerprint density at radius 1 is 0.365 bits per heavy atom. The second-order valence-corrected chi connectivity index (χ2v) is 38.5. The van der Waals surface area contributed by atoms with E-state index < -0.39 is 29.6 Å². The number of ketones is 1. The number of benzene rings is 8. The molecule has 8 aromatic carbocycles. The lowest BCUT2D eigenvalue weighted by Gasteiger charge is -2.27. The minimum atomic E-state index is -0.808. The van der Waals surface area contributed by atoms with E-state index in [0.29, 0.717) is 193 Å². The molecule has 148 heavy (non-hydrogen) atoms. The van der Waals surface area contributed by atoms with Crippen LogP contribution < -0.4 is 50.7 Å². The summed E-state index contributed by atoms with van der Waals surface area (Å²) in [7, 11) is 0. The molecule has 5 atom stereocenters. The number of carbonyl (C=O) groups excluding carboxylic acids is 16. The van der Waals surface area contributed by atoms with Crippen molar-refractivity contribution in [1.29, 1.82) is 0 Å². The van der Waals surface area contributed by atoms with E-state index in [0.717, 1.165) is 49.5 Å². The molecule has 14 heterocycles. The molecule has 5 N–H and O–H groups in total. The zero-order valence-corrected chi connectivity index (χ0v) is 83.3. The average molecular weight is 2120 g/mol. The Balaban J connectivity index is 0.000000127.